The Morgan fingerprint density at radius 3 is 2.12 bits per heavy atom. The molecule has 3 aromatic carbocycles. The third-order valence-corrected chi connectivity index (χ3v) is 6.79. The maximum Gasteiger partial charge on any atom is 0.236 e. The number of aldehydes is 1. The van der Waals surface area contributed by atoms with E-state index < -0.39 is 13.0 Å². The first kappa shape index (κ1) is 17.3. The maximum absolute atomic E-state index is 13.2. The van der Waals surface area contributed by atoms with Gasteiger partial charge in [0.15, 0.2) is 0 Å². The zero-order valence-electron chi connectivity index (χ0n) is 13.9. The lowest BCUT2D eigenvalue weighted by Gasteiger charge is -2.22. The monoisotopic (exact) mass is 350 g/mol. The van der Waals surface area contributed by atoms with Crippen LogP contribution in [0, 0.1) is 0 Å². The molecule has 0 bridgehead atoms. The lowest BCUT2D eigenvalue weighted by Crippen LogP contribution is -2.10. The first-order valence-corrected chi connectivity index (χ1v) is 9.79. The molecule has 0 spiro atoms. The number of rotatable bonds is 5. The van der Waals surface area contributed by atoms with Gasteiger partial charge < -0.3 is 4.89 Å². The van der Waals surface area contributed by atoms with Crippen molar-refractivity contribution in [3.63, 3.8) is 0 Å². The number of benzene rings is 3. The third kappa shape index (κ3) is 3.48. The minimum atomic E-state index is -3.65. The van der Waals surface area contributed by atoms with Gasteiger partial charge in [0.25, 0.3) is 0 Å². The number of carbonyl (C=O) groups is 1. The smallest absolute Gasteiger partial charge is 0.236 e. The Bertz CT molecular complexity index is 917. The van der Waals surface area contributed by atoms with Crippen LogP contribution in [0.2, 0.25) is 0 Å². The van der Waals surface area contributed by atoms with Gasteiger partial charge in [-0.15, -0.1) is 0 Å². The molecule has 0 amide bonds. The number of carbonyl (C=O) groups excluding carboxylic acids is 1. The summed E-state index contributed by atoms with van der Waals surface area (Å²) in [6, 6.07) is 23.8. The van der Waals surface area contributed by atoms with E-state index in [1.165, 1.54) is 0 Å². The summed E-state index contributed by atoms with van der Waals surface area (Å²) < 4.78 is 13.2. The second-order valence-corrected chi connectivity index (χ2v) is 8.50. The molecule has 1 N–H and O–H groups in total. The largest absolute Gasteiger partial charge is 0.341 e. The van der Waals surface area contributed by atoms with Crippen LogP contribution < -0.4 is 5.30 Å². The Morgan fingerprint density at radius 2 is 1.48 bits per heavy atom. The summed E-state index contributed by atoms with van der Waals surface area (Å²) in [6.45, 7) is 1.77. The van der Waals surface area contributed by atoms with Gasteiger partial charge in [0, 0.05) is 10.9 Å². The van der Waals surface area contributed by atoms with Crippen LogP contribution in [-0.4, -0.2) is 11.2 Å². The highest BCUT2D eigenvalue weighted by molar-refractivity contribution is 7.66. The highest BCUT2D eigenvalue weighted by Gasteiger charge is 2.32. The maximum atomic E-state index is 13.2. The molecule has 4 heteroatoms. The molecule has 0 aliphatic rings. The van der Waals surface area contributed by atoms with Crippen molar-refractivity contribution in [3.05, 3.63) is 90.0 Å². The standard InChI is InChI=1S/C21H19O3P/c1-16(25(23,24)19-13-11-17(15-22)12-14-19)20-9-5-6-10-21(20)18-7-3-2-4-8-18/h2-16H,1H3,(H,23,24). The fraction of sp³-hybridized carbons (Fsp3) is 0.0952. The Morgan fingerprint density at radius 1 is 0.880 bits per heavy atom. The van der Waals surface area contributed by atoms with E-state index in [1.807, 2.05) is 54.6 Å². The molecule has 0 aromatic heterocycles. The molecule has 0 saturated carbocycles. The van der Waals surface area contributed by atoms with Crippen LogP contribution in [-0.2, 0) is 4.57 Å². The van der Waals surface area contributed by atoms with Gasteiger partial charge >= 0.3 is 0 Å². The molecule has 0 heterocycles. The average molecular weight is 350 g/mol. The summed E-state index contributed by atoms with van der Waals surface area (Å²) >= 11 is 0. The Kier molecular flexibility index (Phi) is 4.98. The Hall–Kier alpha value is -2.48. The van der Waals surface area contributed by atoms with Crippen LogP contribution >= 0.6 is 7.37 Å². The fourth-order valence-electron chi connectivity index (χ4n) is 2.92. The minimum Gasteiger partial charge on any atom is -0.341 e. The lowest BCUT2D eigenvalue weighted by molar-refractivity contribution is 0.112. The van der Waals surface area contributed by atoms with Gasteiger partial charge in [-0.1, -0.05) is 66.7 Å². The molecule has 0 aliphatic carbocycles. The molecule has 126 valence electrons. The molecule has 3 aromatic rings. The van der Waals surface area contributed by atoms with Crippen LogP contribution in [0.3, 0.4) is 0 Å². The van der Waals surface area contributed by atoms with E-state index in [0.717, 1.165) is 23.0 Å². The van der Waals surface area contributed by atoms with E-state index in [9.17, 15) is 14.3 Å². The molecule has 0 saturated heterocycles. The van der Waals surface area contributed by atoms with Crippen LogP contribution in [0.5, 0.6) is 0 Å². The van der Waals surface area contributed by atoms with Crippen molar-refractivity contribution in [2.75, 3.05) is 0 Å². The van der Waals surface area contributed by atoms with Gasteiger partial charge in [-0.25, -0.2) is 0 Å². The molecular formula is C21H19O3P. The van der Waals surface area contributed by atoms with Crippen LogP contribution in [0.4, 0.5) is 0 Å². The molecule has 3 nitrogen and oxygen atoms in total. The second-order valence-electron chi connectivity index (χ2n) is 5.96. The van der Waals surface area contributed by atoms with Crippen molar-refractivity contribution in [1.29, 1.82) is 0 Å². The van der Waals surface area contributed by atoms with Gasteiger partial charge in [0.1, 0.15) is 6.29 Å². The molecule has 3 rings (SSSR count). The summed E-state index contributed by atoms with van der Waals surface area (Å²) in [5.74, 6) is 0. The number of hydrogen-bond acceptors (Lipinski definition) is 2. The number of hydrogen-bond donors (Lipinski definition) is 1. The Labute approximate surface area is 147 Å². The van der Waals surface area contributed by atoms with Gasteiger partial charge in [0.2, 0.25) is 7.37 Å². The Balaban J connectivity index is 2.04. The van der Waals surface area contributed by atoms with Crippen LogP contribution in [0.1, 0.15) is 28.5 Å². The molecule has 2 unspecified atom stereocenters. The SMILES string of the molecule is CC(c1ccccc1-c1ccccc1)P(=O)(O)c1ccc(C=O)cc1. The van der Waals surface area contributed by atoms with Crippen LogP contribution in [0.25, 0.3) is 11.1 Å². The van der Waals surface area contributed by atoms with E-state index in [0.29, 0.717) is 10.9 Å². The zero-order chi connectivity index (χ0) is 17.9. The molecule has 25 heavy (non-hydrogen) atoms. The van der Waals surface area contributed by atoms with Crippen molar-refractivity contribution < 1.29 is 14.3 Å². The lowest BCUT2D eigenvalue weighted by atomic mass is 9.98. The molecule has 0 fully saturated rings. The fourth-order valence-corrected chi connectivity index (χ4v) is 4.55. The van der Waals surface area contributed by atoms with Gasteiger partial charge in [-0.3, -0.25) is 9.36 Å². The molecule has 2 atom stereocenters. The normalized spacial score (nSPS) is 14.5. The van der Waals surface area contributed by atoms with Crippen molar-refractivity contribution >= 4 is 19.0 Å². The van der Waals surface area contributed by atoms with Crippen molar-refractivity contribution in [1.82, 2.24) is 0 Å². The quantitative estimate of drug-likeness (QED) is 0.530. The average Bonchev–Trinajstić information content (AvgIpc) is 2.68. The molecule has 0 radical (unpaired) electrons. The summed E-state index contributed by atoms with van der Waals surface area (Å²) in [5, 5.41) is 0.355. The van der Waals surface area contributed by atoms with E-state index >= 15 is 0 Å². The first-order chi connectivity index (χ1) is 12.0. The third-order valence-electron chi connectivity index (χ3n) is 4.42. The molecule has 0 aliphatic heterocycles. The van der Waals surface area contributed by atoms with Crippen molar-refractivity contribution in [3.8, 4) is 11.1 Å². The summed E-state index contributed by atoms with van der Waals surface area (Å²) in [7, 11) is -3.65. The topological polar surface area (TPSA) is 54.4 Å². The highest BCUT2D eigenvalue weighted by atomic mass is 31.2. The second kappa shape index (κ2) is 7.18. The summed E-state index contributed by atoms with van der Waals surface area (Å²) in [5.41, 5.74) is 2.72. The van der Waals surface area contributed by atoms with E-state index in [1.54, 1.807) is 31.2 Å². The van der Waals surface area contributed by atoms with Crippen LogP contribution in [0.15, 0.2) is 78.9 Å². The van der Waals surface area contributed by atoms with Gasteiger partial charge in [-0.2, -0.15) is 0 Å². The van der Waals surface area contributed by atoms with Crippen molar-refractivity contribution in [2.45, 2.75) is 12.6 Å². The molecular weight excluding hydrogens is 331 g/mol. The predicted octanol–water partition coefficient (Wildman–Crippen LogP) is 4.82. The summed E-state index contributed by atoms with van der Waals surface area (Å²) in [6.07, 6.45) is 0.722. The summed E-state index contributed by atoms with van der Waals surface area (Å²) in [4.78, 5) is 21.6. The highest BCUT2D eigenvalue weighted by Crippen LogP contribution is 2.55. The minimum absolute atomic E-state index is 0.355. The predicted molar refractivity (Wildman–Crippen MR) is 102 cm³/mol. The van der Waals surface area contributed by atoms with E-state index in [2.05, 4.69) is 0 Å². The first-order valence-electron chi connectivity index (χ1n) is 8.06. The van der Waals surface area contributed by atoms with Crippen molar-refractivity contribution in [2.24, 2.45) is 0 Å². The zero-order valence-corrected chi connectivity index (χ0v) is 14.8. The van der Waals surface area contributed by atoms with Gasteiger partial charge in [0.05, 0.1) is 5.66 Å². The van der Waals surface area contributed by atoms with Gasteiger partial charge in [-0.05, 0) is 35.7 Å². The van der Waals surface area contributed by atoms with E-state index in [4.69, 9.17) is 0 Å². The van der Waals surface area contributed by atoms with E-state index in [-0.39, 0.29) is 0 Å².